The van der Waals surface area contributed by atoms with Crippen molar-refractivity contribution >= 4 is 38.0 Å². The number of aromatic nitrogens is 2. The number of nitrogens with zero attached hydrogens (tertiary/aromatic N) is 3. The fraction of sp³-hybridized carbons (Fsp3) is 0.318. The molecule has 0 saturated carbocycles. The maximum atomic E-state index is 13.9. The van der Waals surface area contributed by atoms with Gasteiger partial charge in [-0.05, 0) is 30.7 Å². The van der Waals surface area contributed by atoms with E-state index in [0.717, 1.165) is 5.39 Å². The van der Waals surface area contributed by atoms with E-state index >= 15 is 0 Å². The smallest absolute Gasteiger partial charge is 0.259 e. The molecule has 2 N–H and O–H groups in total. The van der Waals surface area contributed by atoms with Crippen molar-refractivity contribution in [2.24, 2.45) is 0 Å². The fourth-order valence-electron chi connectivity index (χ4n) is 3.69. The molecule has 32 heavy (non-hydrogen) atoms. The number of rotatable bonds is 4. The van der Waals surface area contributed by atoms with Crippen LogP contribution in [0.5, 0.6) is 0 Å². The van der Waals surface area contributed by atoms with Gasteiger partial charge in [0.25, 0.3) is 5.91 Å². The van der Waals surface area contributed by atoms with E-state index < -0.39 is 21.6 Å². The average Bonchev–Trinajstić information content (AvgIpc) is 2.92. The number of hydrogen-bond donors (Lipinski definition) is 2. The normalized spacial score (nSPS) is 18.0. The van der Waals surface area contributed by atoms with Crippen molar-refractivity contribution in [3.63, 3.8) is 0 Å². The van der Waals surface area contributed by atoms with Gasteiger partial charge in [-0.25, -0.2) is 27.7 Å². The van der Waals surface area contributed by atoms with Gasteiger partial charge in [0.15, 0.2) is 0 Å². The summed E-state index contributed by atoms with van der Waals surface area (Å²) in [4.78, 5) is 23.6. The molecule has 0 bridgehead atoms. The second-order valence-corrected chi connectivity index (χ2v) is 10.0. The summed E-state index contributed by atoms with van der Waals surface area (Å²) in [6, 6.07) is 11.9. The standard InChI is InChI=1S/C22H23F2N5O2S/c1-32(25,31)19-14-16(7-10-26-19)27-21(30)17-13-15-5-2-3-6-18(15)28-20(17)29-11-4-8-22(23,24)9-12-29/h2-3,5-7,10,13-14,25H,4,8-9,11-12H2,1H3,(H,26,27,30). The number of alkyl halides is 2. The molecular weight excluding hydrogens is 436 g/mol. The van der Waals surface area contributed by atoms with Crippen molar-refractivity contribution in [2.45, 2.75) is 30.2 Å². The van der Waals surface area contributed by atoms with Crippen LogP contribution in [-0.4, -0.2) is 45.4 Å². The Morgan fingerprint density at radius 1 is 1.19 bits per heavy atom. The minimum absolute atomic E-state index is 0.0573. The van der Waals surface area contributed by atoms with Gasteiger partial charge in [-0.3, -0.25) is 4.79 Å². The Balaban J connectivity index is 1.72. The van der Waals surface area contributed by atoms with E-state index in [1.807, 2.05) is 24.3 Å². The topological polar surface area (TPSA) is 99.0 Å². The number of halogens is 2. The Morgan fingerprint density at radius 3 is 2.75 bits per heavy atom. The summed E-state index contributed by atoms with van der Waals surface area (Å²) < 4.78 is 47.5. The number of amides is 1. The second kappa shape index (κ2) is 8.42. The minimum atomic E-state index is -3.05. The lowest BCUT2D eigenvalue weighted by molar-refractivity contribution is -0.0102. The van der Waals surface area contributed by atoms with Gasteiger partial charge in [-0.15, -0.1) is 0 Å². The van der Waals surface area contributed by atoms with Crippen molar-refractivity contribution in [3.05, 3.63) is 54.2 Å². The van der Waals surface area contributed by atoms with E-state index in [0.29, 0.717) is 30.0 Å². The number of para-hydroxylation sites is 1. The third kappa shape index (κ3) is 4.85. The van der Waals surface area contributed by atoms with Gasteiger partial charge in [0.2, 0.25) is 5.92 Å². The van der Waals surface area contributed by atoms with E-state index in [1.165, 1.54) is 24.6 Å². The van der Waals surface area contributed by atoms with Gasteiger partial charge in [0.05, 0.1) is 20.8 Å². The Labute approximate surface area is 184 Å². The number of carbonyl (C=O) groups is 1. The van der Waals surface area contributed by atoms with Crippen LogP contribution >= 0.6 is 0 Å². The minimum Gasteiger partial charge on any atom is -0.356 e. The lowest BCUT2D eigenvalue weighted by Gasteiger charge is -2.24. The Bertz CT molecular complexity index is 1280. The third-order valence-electron chi connectivity index (χ3n) is 5.36. The number of nitrogens with one attached hydrogen (secondary N) is 2. The van der Waals surface area contributed by atoms with Crippen molar-refractivity contribution in [1.29, 1.82) is 4.78 Å². The van der Waals surface area contributed by atoms with Crippen LogP contribution in [0.3, 0.4) is 0 Å². The summed E-state index contributed by atoms with van der Waals surface area (Å²) in [7, 11) is -3.05. The molecule has 1 atom stereocenters. The molecule has 1 amide bonds. The molecule has 0 aliphatic carbocycles. The molecule has 1 aromatic carbocycles. The lowest BCUT2D eigenvalue weighted by atomic mass is 10.1. The van der Waals surface area contributed by atoms with E-state index in [-0.39, 0.29) is 30.0 Å². The van der Waals surface area contributed by atoms with Gasteiger partial charge in [-0.1, -0.05) is 18.2 Å². The lowest BCUT2D eigenvalue weighted by Crippen LogP contribution is -2.29. The zero-order chi connectivity index (χ0) is 22.9. The van der Waals surface area contributed by atoms with Crippen LogP contribution in [0.2, 0.25) is 0 Å². The Morgan fingerprint density at radius 2 is 1.97 bits per heavy atom. The van der Waals surface area contributed by atoms with Gasteiger partial charge in [0.1, 0.15) is 10.8 Å². The molecule has 10 heteroatoms. The Hall–Kier alpha value is -3.14. The van der Waals surface area contributed by atoms with E-state index in [4.69, 9.17) is 4.78 Å². The molecule has 1 aliphatic rings. The van der Waals surface area contributed by atoms with Gasteiger partial charge in [-0.2, -0.15) is 0 Å². The summed E-state index contributed by atoms with van der Waals surface area (Å²) in [5.74, 6) is -2.85. The number of carbonyl (C=O) groups excluding carboxylic acids is 1. The molecule has 1 fully saturated rings. The van der Waals surface area contributed by atoms with Crippen molar-refractivity contribution in [3.8, 4) is 0 Å². The van der Waals surface area contributed by atoms with Crippen LogP contribution in [0.1, 0.15) is 29.6 Å². The monoisotopic (exact) mass is 459 g/mol. The summed E-state index contributed by atoms with van der Waals surface area (Å²) in [5, 5.41) is 3.55. The van der Waals surface area contributed by atoms with Gasteiger partial charge >= 0.3 is 0 Å². The van der Waals surface area contributed by atoms with E-state index in [2.05, 4.69) is 15.3 Å². The van der Waals surface area contributed by atoms with Gasteiger partial charge < -0.3 is 10.2 Å². The Kier molecular flexibility index (Phi) is 5.81. The largest absolute Gasteiger partial charge is 0.356 e. The zero-order valence-corrected chi connectivity index (χ0v) is 18.3. The molecule has 1 aliphatic heterocycles. The summed E-state index contributed by atoms with van der Waals surface area (Å²) >= 11 is 0. The molecule has 0 spiro atoms. The molecular formula is C22H23F2N5O2S. The quantitative estimate of drug-likeness (QED) is 0.597. The number of anilines is 2. The molecule has 1 saturated heterocycles. The van der Waals surface area contributed by atoms with Crippen LogP contribution in [0, 0.1) is 4.78 Å². The number of benzene rings is 1. The predicted octanol–water partition coefficient (Wildman–Crippen LogP) is 4.54. The maximum Gasteiger partial charge on any atom is 0.259 e. The summed E-state index contributed by atoms with van der Waals surface area (Å²) in [5.41, 5.74) is 1.26. The predicted molar refractivity (Wildman–Crippen MR) is 120 cm³/mol. The molecule has 3 heterocycles. The van der Waals surface area contributed by atoms with Crippen molar-refractivity contribution in [1.82, 2.24) is 9.97 Å². The highest BCUT2D eigenvalue weighted by Crippen LogP contribution is 2.32. The molecule has 168 valence electrons. The molecule has 4 rings (SSSR count). The first kappa shape index (κ1) is 22.1. The first-order valence-corrected chi connectivity index (χ1v) is 12.1. The number of hydrogen-bond acceptors (Lipinski definition) is 6. The van der Waals surface area contributed by atoms with Crippen molar-refractivity contribution < 1.29 is 17.8 Å². The molecule has 3 aromatic rings. The van der Waals surface area contributed by atoms with Crippen LogP contribution in [0.25, 0.3) is 10.9 Å². The SMILES string of the molecule is CS(=N)(=O)c1cc(NC(=O)c2cc3ccccc3nc2N2CCCC(F)(F)CC2)ccn1. The first-order chi connectivity index (χ1) is 15.1. The van der Waals surface area contributed by atoms with Crippen LogP contribution in [0.15, 0.2) is 53.7 Å². The maximum absolute atomic E-state index is 13.9. The molecule has 7 nitrogen and oxygen atoms in total. The van der Waals surface area contributed by atoms with E-state index in [1.54, 1.807) is 11.0 Å². The van der Waals surface area contributed by atoms with Crippen molar-refractivity contribution in [2.75, 3.05) is 29.6 Å². The van der Waals surface area contributed by atoms with Gasteiger partial charge in [0, 0.05) is 49.5 Å². The first-order valence-electron chi connectivity index (χ1n) is 10.2. The van der Waals surface area contributed by atoms with Crippen LogP contribution < -0.4 is 10.2 Å². The average molecular weight is 460 g/mol. The second-order valence-electron chi connectivity index (χ2n) is 7.93. The molecule has 2 aromatic heterocycles. The summed E-state index contributed by atoms with van der Waals surface area (Å²) in [6.45, 7) is 0.464. The molecule has 1 unspecified atom stereocenters. The molecule has 0 radical (unpaired) electrons. The highest BCUT2D eigenvalue weighted by molar-refractivity contribution is 7.91. The van der Waals surface area contributed by atoms with Crippen LogP contribution in [0.4, 0.5) is 20.3 Å². The summed E-state index contributed by atoms with van der Waals surface area (Å²) in [6.07, 6.45) is 2.43. The zero-order valence-electron chi connectivity index (χ0n) is 17.5. The highest BCUT2D eigenvalue weighted by atomic mass is 32.2. The fourth-order valence-corrected chi connectivity index (χ4v) is 4.30. The van der Waals surface area contributed by atoms with Crippen LogP contribution in [-0.2, 0) is 9.73 Å². The number of pyridine rings is 2. The highest BCUT2D eigenvalue weighted by Gasteiger charge is 2.33. The van der Waals surface area contributed by atoms with E-state index in [9.17, 15) is 17.8 Å². The number of fused-ring (bicyclic) bond motifs is 1. The third-order valence-corrected chi connectivity index (χ3v) is 6.38.